The largest absolute Gasteiger partial charge is 0.265 e. The first-order valence-corrected chi connectivity index (χ1v) is 4.55. The van der Waals surface area contributed by atoms with Gasteiger partial charge in [-0.3, -0.25) is 4.99 Å². The number of aliphatic imine (C=N–C) groups is 1. The third-order valence-corrected chi connectivity index (χ3v) is 2.28. The molecule has 0 radical (unpaired) electrons. The molecule has 13 heavy (non-hydrogen) atoms. The van der Waals surface area contributed by atoms with Gasteiger partial charge in [-0.25, -0.2) is 0 Å². The van der Waals surface area contributed by atoms with E-state index in [1.54, 1.807) is 0 Å². The van der Waals surface area contributed by atoms with E-state index in [0.717, 1.165) is 6.42 Å². The van der Waals surface area contributed by atoms with Crippen LogP contribution in [0.25, 0.3) is 5.57 Å². The third-order valence-electron chi connectivity index (χ3n) is 2.28. The van der Waals surface area contributed by atoms with Gasteiger partial charge in [0.05, 0.1) is 0 Å². The lowest BCUT2D eigenvalue weighted by atomic mass is 10.0. The Morgan fingerprint density at radius 1 is 1.23 bits per heavy atom. The summed E-state index contributed by atoms with van der Waals surface area (Å²) in [6.07, 6.45) is 2.98. The number of rotatable bonds is 1. The van der Waals surface area contributed by atoms with Crippen LogP contribution in [0.5, 0.6) is 0 Å². The monoisotopic (exact) mass is 171 g/mol. The van der Waals surface area contributed by atoms with Crippen LogP contribution in [0.3, 0.4) is 0 Å². The highest BCUT2D eigenvalue weighted by Crippen LogP contribution is 2.23. The van der Waals surface area contributed by atoms with Gasteiger partial charge >= 0.3 is 0 Å². The smallest absolute Gasteiger partial charge is 0.0309 e. The van der Waals surface area contributed by atoms with Crippen molar-refractivity contribution >= 4 is 11.3 Å². The lowest BCUT2D eigenvalue weighted by Crippen LogP contribution is -1.88. The fourth-order valence-corrected chi connectivity index (χ4v) is 1.58. The van der Waals surface area contributed by atoms with Crippen LogP contribution < -0.4 is 0 Å². The average Bonchev–Trinajstić information content (AvgIpc) is 2.52. The van der Waals surface area contributed by atoms with Crippen molar-refractivity contribution in [3.8, 4) is 0 Å². The lowest BCUT2D eigenvalue weighted by molar-refractivity contribution is 1.41. The molecule has 0 saturated carbocycles. The fourth-order valence-electron chi connectivity index (χ4n) is 1.58. The minimum absolute atomic E-state index is 1.00. The van der Waals surface area contributed by atoms with Crippen LogP contribution in [-0.4, -0.2) is 5.71 Å². The maximum Gasteiger partial charge on any atom is 0.0309 e. The van der Waals surface area contributed by atoms with E-state index in [4.69, 9.17) is 0 Å². The first-order valence-electron chi connectivity index (χ1n) is 4.55. The fraction of sp³-hybridized carbons (Fsp3) is 0.250. The maximum absolute atomic E-state index is 4.28. The molecule has 0 saturated heterocycles. The summed E-state index contributed by atoms with van der Waals surface area (Å²) in [4.78, 5) is 4.28. The molecule has 0 N–H and O–H groups in total. The number of benzene rings is 1. The van der Waals surface area contributed by atoms with Crippen LogP contribution in [0.2, 0.25) is 0 Å². The highest BCUT2D eigenvalue weighted by atomic mass is 14.7. The molecule has 1 heterocycles. The minimum Gasteiger partial charge on any atom is -0.265 e. The Labute approximate surface area is 78.8 Å². The van der Waals surface area contributed by atoms with Gasteiger partial charge in [-0.1, -0.05) is 29.8 Å². The molecule has 1 heteroatoms. The molecule has 0 spiro atoms. The number of aryl methyl sites for hydroxylation is 1. The van der Waals surface area contributed by atoms with Crippen LogP contribution >= 0.6 is 0 Å². The summed E-state index contributed by atoms with van der Waals surface area (Å²) in [6.45, 7) is 4.19. The molecule has 66 valence electrons. The molecule has 1 aliphatic heterocycles. The molecule has 0 aromatic heterocycles. The van der Waals surface area contributed by atoms with E-state index in [9.17, 15) is 0 Å². The van der Waals surface area contributed by atoms with Gasteiger partial charge in [0, 0.05) is 18.3 Å². The average molecular weight is 171 g/mol. The van der Waals surface area contributed by atoms with Crippen molar-refractivity contribution in [1.29, 1.82) is 0 Å². The Morgan fingerprint density at radius 3 is 2.69 bits per heavy atom. The van der Waals surface area contributed by atoms with E-state index in [1.165, 1.54) is 22.4 Å². The van der Waals surface area contributed by atoms with Crippen molar-refractivity contribution in [3.63, 3.8) is 0 Å². The molecule has 1 aliphatic rings. The molecule has 1 aromatic rings. The summed E-state index contributed by atoms with van der Waals surface area (Å²) in [5.74, 6) is 0. The Hall–Kier alpha value is -1.37. The number of allylic oxidation sites excluding steroid dienone is 1. The second-order valence-electron chi connectivity index (χ2n) is 3.56. The van der Waals surface area contributed by atoms with Crippen molar-refractivity contribution in [2.24, 2.45) is 4.99 Å². The summed E-state index contributed by atoms with van der Waals surface area (Å²) >= 11 is 0. The zero-order valence-corrected chi connectivity index (χ0v) is 8.04. The summed E-state index contributed by atoms with van der Waals surface area (Å²) in [7, 11) is 0. The van der Waals surface area contributed by atoms with Gasteiger partial charge in [0.25, 0.3) is 0 Å². The number of hydrogen-bond donors (Lipinski definition) is 0. The Morgan fingerprint density at radius 2 is 2.08 bits per heavy atom. The van der Waals surface area contributed by atoms with Crippen LogP contribution in [0.15, 0.2) is 35.5 Å². The topological polar surface area (TPSA) is 12.4 Å². The van der Waals surface area contributed by atoms with Crippen molar-refractivity contribution < 1.29 is 0 Å². The second kappa shape index (κ2) is 3.17. The van der Waals surface area contributed by atoms with Gasteiger partial charge in [0.15, 0.2) is 0 Å². The molecular formula is C12H13N. The summed E-state index contributed by atoms with van der Waals surface area (Å²) in [6, 6.07) is 8.57. The van der Waals surface area contributed by atoms with E-state index in [0.29, 0.717) is 0 Å². The molecule has 0 unspecified atom stereocenters. The highest BCUT2D eigenvalue weighted by Gasteiger charge is 2.07. The van der Waals surface area contributed by atoms with E-state index >= 15 is 0 Å². The molecule has 0 aliphatic carbocycles. The Balaban J connectivity index is 2.29. The number of nitrogens with zero attached hydrogens (tertiary/aromatic N) is 1. The van der Waals surface area contributed by atoms with Crippen molar-refractivity contribution in [3.05, 3.63) is 41.6 Å². The van der Waals surface area contributed by atoms with Gasteiger partial charge in [-0.05, 0) is 25.0 Å². The summed E-state index contributed by atoms with van der Waals surface area (Å²) in [5, 5.41) is 0. The number of hydrogen-bond acceptors (Lipinski definition) is 1. The van der Waals surface area contributed by atoms with E-state index < -0.39 is 0 Å². The van der Waals surface area contributed by atoms with Gasteiger partial charge in [0.2, 0.25) is 0 Å². The van der Waals surface area contributed by atoms with Gasteiger partial charge in [-0.15, -0.1) is 0 Å². The SMILES string of the molecule is CC1=NC=C(c2cccc(C)c2)C1. The van der Waals surface area contributed by atoms with E-state index in [1.807, 2.05) is 6.20 Å². The molecule has 0 amide bonds. The van der Waals surface area contributed by atoms with Gasteiger partial charge < -0.3 is 0 Å². The van der Waals surface area contributed by atoms with Crippen LogP contribution in [0.1, 0.15) is 24.5 Å². The molecule has 1 aromatic carbocycles. The maximum atomic E-state index is 4.28. The van der Waals surface area contributed by atoms with Gasteiger partial charge in [-0.2, -0.15) is 0 Å². The molecular weight excluding hydrogens is 158 g/mol. The molecule has 2 rings (SSSR count). The van der Waals surface area contributed by atoms with Crippen LogP contribution in [-0.2, 0) is 0 Å². The Kier molecular flexibility index (Phi) is 2.01. The minimum atomic E-state index is 1.00. The molecule has 0 atom stereocenters. The zero-order chi connectivity index (χ0) is 9.26. The lowest BCUT2D eigenvalue weighted by Gasteiger charge is -2.02. The van der Waals surface area contributed by atoms with Crippen LogP contribution in [0.4, 0.5) is 0 Å². The van der Waals surface area contributed by atoms with E-state index in [-0.39, 0.29) is 0 Å². The highest BCUT2D eigenvalue weighted by molar-refractivity contribution is 5.96. The summed E-state index contributed by atoms with van der Waals surface area (Å²) < 4.78 is 0. The normalized spacial score (nSPS) is 15.5. The van der Waals surface area contributed by atoms with Crippen molar-refractivity contribution in [2.75, 3.05) is 0 Å². The first kappa shape index (κ1) is 8.24. The zero-order valence-electron chi connectivity index (χ0n) is 8.04. The van der Waals surface area contributed by atoms with Crippen LogP contribution in [0, 0.1) is 6.92 Å². The molecule has 0 fully saturated rings. The van der Waals surface area contributed by atoms with E-state index in [2.05, 4.69) is 43.1 Å². The molecule has 1 nitrogen and oxygen atoms in total. The van der Waals surface area contributed by atoms with Crippen molar-refractivity contribution in [1.82, 2.24) is 0 Å². The molecule has 0 bridgehead atoms. The summed E-state index contributed by atoms with van der Waals surface area (Å²) in [5.41, 5.74) is 5.15. The predicted octanol–water partition coefficient (Wildman–Crippen LogP) is 3.20. The predicted molar refractivity (Wildman–Crippen MR) is 56.9 cm³/mol. The van der Waals surface area contributed by atoms with Crippen molar-refractivity contribution in [2.45, 2.75) is 20.3 Å². The Bertz CT molecular complexity index is 386. The second-order valence-corrected chi connectivity index (χ2v) is 3.56. The quantitative estimate of drug-likeness (QED) is 0.615. The standard InChI is InChI=1S/C12H13N/c1-9-4-3-5-11(6-9)12-7-10(2)13-8-12/h3-6,8H,7H2,1-2H3. The first-order chi connectivity index (χ1) is 6.25. The third kappa shape index (κ3) is 1.69. The van der Waals surface area contributed by atoms with Gasteiger partial charge in [0.1, 0.15) is 0 Å².